The fraction of sp³-hybridized carbons (Fsp3) is 0.625. The summed E-state index contributed by atoms with van der Waals surface area (Å²) in [4.78, 5) is 2.58. The normalized spacial score (nSPS) is 29.6. The molecule has 2 heterocycles. The zero-order valence-electron chi connectivity index (χ0n) is 11.8. The van der Waals surface area contributed by atoms with Gasteiger partial charge in [0.1, 0.15) is 13.2 Å². The average molecular weight is 274 g/mol. The summed E-state index contributed by atoms with van der Waals surface area (Å²) in [6.07, 6.45) is 4.16. The van der Waals surface area contributed by atoms with E-state index in [9.17, 15) is 0 Å². The zero-order chi connectivity index (χ0) is 13.5. The number of ether oxygens (including phenoxy) is 2. The molecule has 0 radical (unpaired) electrons. The minimum Gasteiger partial charge on any atom is -0.486 e. The quantitative estimate of drug-likeness (QED) is 0.915. The van der Waals surface area contributed by atoms with Gasteiger partial charge < -0.3 is 15.2 Å². The summed E-state index contributed by atoms with van der Waals surface area (Å²) in [5, 5.41) is 0. The minimum atomic E-state index is 0.0603. The Morgan fingerprint density at radius 3 is 2.80 bits per heavy atom. The summed E-state index contributed by atoms with van der Waals surface area (Å²) < 4.78 is 11.2. The summed E-state index contributed by atoms with van der Waals surface area (Å²) in [6, 6.07) is 6.95. The number of fused-ring (bicyclic) bond motifs is 3. The standard InChI is InChI=1S/C16H22N2O2/c17-14(10-18-9-11-1-3-13(18)7-11)12-2-4-15-16(8-12)20-6-5-19-15/h2,4,8,11,13-14H,1,3,5-7,9-10,17H2. The van der Waals surface area contributed by atoms with Crippen LogP contribution in [-0.2, 0) is 0 Å². The van der Waals surface area contributed by atoms with Crippen LogP contribution in [0.4, 0.5) is 0 Å². The molecule has 4 nitrogen and oxygen atoms in total. The third-order valence-corrected chi connectivity index (χ3v) is 4.95. The van der Waals surface area contributed by atoms with Crippen molar-refractivity contribution in [1.29, 1.82) is 0 Å². The van der Waals surface area contributed by atoms with Crippen LogP contribution in [0, 0.1) is 5.92 Å². The molecule has 4 rings (SSSR count). The van der Waals surface area contributed by atoms with Crippen LogP contribution in [0.5, 0.6) is 11.5 Å². The van der Waals surface area contributed by atoms with Gasteiger partial charge in [0.15, 0.2) is 11.5 Å². The van der Waals surface area contributed by atoms with E-state index in [2.05, 4.69) is 11.0 Å². The number of nitrogens with zero attached hydrogens (tertiary/aromatic N) is 1. The number of piperidine rings is 1. The van der Waals surface area contributed by atoms with Gasteiger partial charge in [0.25, 0.3) is 0 Å². The Balaban J connectivity index is 1.46. The Hall–Kier alpha value is -1.26. The van der Waals surface area contributed by atoms with Crippen molar-refractivity contribution in [2.45, 2.75) is 31.3 Å². The first kappa shape index (κ1) is 12.5. The van der Waals surface area contributed by atoms with E-state index in [1.807, 2.05) is 12.1 Å². The molecule has 1 saturated heterocycles. The van der Waals surface area contributed by atoms with Crippen molar-refractivity contribution in [2.75, 3.05) is 26.3 Å². The molecule has 3 unspecified atom stereocenters. The van der Waals surface area contributed by atoms with E-state index in [1.165, 1.54) is 25.8 Å². The van der Waals surface area contributed by atoms with E-state index < -0.39 is 0 Å². The lowest BCUT2D eigenvalue weighted by atomic mass is 10.0. The molecule has 0 aromatic heterocycles. The molecule has 2 bridgehead atoms. The monoisotopic (exact) mass is 274 g/mol. The fourth-order valence-electron chi connectivity index (χ4n) is 3.90. The summed E-state index contributed by atoms with van der Waals surface area (Å²) >= 11 is 0. The Kier molecular flexibility index (Phi) is 3.08. The Morgan fingerprint density at radius 1 is 1.20 bits per heavy atom. The lowest BCUT2D eigenvalue weighted by Crippen LogP contribution is -2.37. The van der Waals surface area contributed by atoms with Gasteiger partial charge in [0.2, 0.25) is 0 Å². The van der Waals surface area contributed by atoms with Gasteiger partial charge in [-0.05, 0) is 42.9 Å². The third kappa shape index (κ3) is 2.17. The molecule has 1 aliphatic carbocycles. The molecule has 1 aromatic carbocycles. The van der Waals surface area contributed by atoms with Crippen molar-refractivity contribution in [3.8, 4) is 11.5 Å². The van der Waals surface area contributed by atoms with E-state index in [0.29, 0.717) is 13.2 Å². The van der Waals surface area contributed by atoms with Crippen LogP contribution in [-0.4, -0.2) is 37.2 Å². The molecule has 3 aliphatic rings. The van der Waals surface area contributed by atoms with Gasteiger partial charge >= 0.3 is 0 Å². The average Bonchev–Trinajstić information content (AvgIpc) is 3.09. The van der Waals surface area contributed by atoms with Crippen LogP contribution >= 0.6 is 0 Å². The number of benzene rings is 1. The maximum Gasteiger partial charge on any atom is 0.161 e. The number of rotatable bonds is 3. The van der Waals surface area contributed by atoms with Crippen LogP contribution in [0.15, 0.2) is 18.2 Å². The predicted molar refractivity (Wildman–Crippen MR) is 77.1 cm³/mol. The lowest BCUT2D eigenvalue weighted by molar-refractivity contribution is 0.171. The van der Waals surface area contributed by atoms with Crippen LogP contribution in [0.2, 0.25) is 0 Å². The maximum absolute atomic E-state index is 6.40. The number of hydrogen-bond donors (Lipinski definition) is 1. The van der Waals surface area contributed by atoms with Gasteiger partial charge in [-0.2, -0.15) is 0 Å². The van der Waals surface area contributed by atoms with Gasteiger partial charge in [0.05, 0.1) is 0 Å². The maximum atomic E-state index is 6.40. The Bertz CT molecular complexity index is 505. The van der Waals surface area contributed by atoms with Crippen molar-refractivity contribution in [3.63, 3.8) is 0 Å². The molecule has 0 spiro atoms. The van der Waals surface area contributed by atoms with E-state index in [4.69, 9.17) is 15.2 Å². The minimum absolute atomic E-state index is 0.0603. The molecule has 3 atom stereocenters. The van der Waals surface area contributed by atoms with Crippen LogP contribution in [0.1, 0.15) is 30.9 Å². The Morgan fingerprint density at radius 2 is 2.05 bits per heavy atom. The van der Waals surface area contributed by atoms with Gasteiger partial charge in [-0.3, -0.25) is 4.90 Å². The summed E-state index contributed by atoms with van der Waals surface area (Å²) in [5.74, 6) is 2.60. The second kappa shape index (κ2) is 4.93. The van der Waals surface area contributed by atoms with Gasteiger partial charge in [-0.15, -0.1) is 0 Å². The van der Waals surface area contributed by atoms with Crippen LogP contribution in [0.3, 0.4) is 0 Å². The van der Waals surface area contributed by atoms with Crippen molar-refractivity contribution in [2.24, 2.45) is 11.7 Å². The van der Waals surface area contributed by atoms with E-state index in [0.717, 1.165) is 35.6 Å². The Labute approximate surface area is 119 Å². The first-order valence-corrected chi connectivity index (χ1v) is 7.69. The summed E-state index contributed by atoms with van der Waals surface area (Å²) in [7, 11) is 0. The zero-order valence-corrected chi connectivity index (χ0v) is 11.8. The molecular weight excluding hydrogens is 252 g/mol. The second-order valence-corrected chi connectivity index (χ2v) is 6.30. The molecule has 2 fully saturated rings. The molecule has 0 amide bonds. The van der Waals surface area contributed by atoms with E-state index >= 15 is 0 Å². The smallest absolute Gasteiger partial charge is 0.161 e. The van der Waals surface area contributed by atoms with Crippen LogP contribution < -0.4 is 15.2 Å². The molecule has 20 heavy (non-hydrogen) atoms. The highest BCUT2D eigenvalue weighted by Crippen LogP contribution is 2.38. The van der Waals surface area contributed by atoms with Crippen molar-refractivity contribution in [1.82, 2.24) is 4.90 Å². The highest BCUT2D eigenvalue weighted by atomic mass is 16.6. The van der Waals surface area contributed by atoms with Gasteiger partial charge in [-0.1, -0.05) is 6.07 Å². The van der Waals surface area contributed by atoms with Crippen LogP contribution in [0.25, 0.3) is 0 Å². The predicted octanol–water partition coefficient (Wildman–Crippen LogP) is 1.94. The van der Waals surface area contributed by atoms with E-state index in [1.54, 1.807) is 0 Å². The number of likely N-dealkylation sites (tertiary alicyclic amines) is 1. The summed E-state index contributed by atoms with van der Waals surface area (Å²) in [5.41, 5.74) is 7.55. The third-order valence-electron chi connectivity index (χ3n) is 4.95. The highest BCUT2D eigenvalue weighted by molar-refractivity contribution is 5.44. The first-order chi connectivity index (χ1) is 9.79. The van der Waals surface area contributed by atoms with Crippen molar-refractivity contribution < 1.29 is 9.47 Å². The molecule has 2 N–H and O–H groups in total. The molecule has 2 aliphatic heterocycles. The molecule has 108 valence electrons. The molecular formula is C16H22N2O2. The number of nitrogens with two attached hydrogens (primary N) is 1. The topological polar surface area (TPSA) is 47.7 Å². The second-order valence-electron chi connectivity index (χ2n) is 6.30. The fourth-order valence-corrected chi connectivity index (χ4v) is 3.90. The molecule has 1 saturated carbocycles. The van der Waals surface area contributed by atoms with Crippen molar-refractivity contribution >= 4 is 0 Å². The SMILES string of the molecule is NC(CN1CC2CCC1C2)c1ccc2c(c1)OCCO2. The van der Waals surface area contributed by atoms with Crippen molar-refractivity contribution in [3.05, 3.63) is 23.8 Å². The molecule has 4 heteroatoms. The van der Waals surface area contributed by atoms with E-state index in [-0.39, 0.29) is 6.04 Å². The highest BCUT2D eigenvalue weighted by Gasteiger charge is 2.38. The lowest BCUT2D eigenvalue weighted by Gasteiger charge is -2.29. The largest absolute Gasteiger partial charge is 0.486 e. The molecule has 1 aromatic rings. The van der Waals surface area contributed by atoms with Gasteiger partial charge in [0, 0.05) is 25.2 Å². The number of hydrogen-bond acceptors (Lipinski definition) is 4. The van der Waals surface area contributed by atoms with Gasteiger partial charge in [-0.25, -0.2) is 0 Å². The first-order valence-electron chi connectivity index (χ1n) is 7.69. The summed E-state index contributed by atoms with van der Waals surface area (Å²) in [6.45, 7) is 3.46.